The molecule has 0 bridgehead atoms. The molecule has 1 heterocycles. The second kappa shape index (κ2) is 12.3. The molecular formula is C31H39ClN4O2. The third-order valence-corrected chi connectivity index (χ3v) is 7.54. The van der Waals surface area contributed by atoms with Gasteiger partial charge < -0.3 is 21.3 Å². The van der Waals surface area contributed by atoms with Crippen molar-refractivity contribution < 1.29 is 9.59 Å². The summed E-state index contributed by atoms with van der Waals surface area (Å²) in [7, 11) is 0. The second-order valence-electron chi connectivity index (χ2n) is 11.1. The van der Waals surface area contributed by atoms with Crippen LogP contribution >= 0.6 is 11.6 Å². The van der Waals surface area contributed by atoms with Gasteiger partial charge in [-0.1, -0.05) is 61.0 Å². The number of nitrogens with one attached hydrogen (secondary N) is 2. The molecule has 38 heavy (non-hydrogen) atoms. The van der Waals surface area contributed by atoms with Crippen molar-refractivity contribution in [2.75, 3.05) is 19.6 Å². The van der Waals surface area contributed by atoms with E-state index < -0.39 is 11.6 Å². The van der Waals surface area contributed by atoms with Gasteiger partial charge in [0.25, 0.3) is 5.91 Å². The molecule has 4 rings (SSSR count). The highest BCUT2D eigenvalue weighted by atomic mass is 35.5. The number of carbonyl (C=O) groups is 2. The molecule has 1 aliphatic rings. The lowest BCUT2D eigenvalue weighted by molar-refractivity contribution is -0.133. The third kappa shape index (κ3) is 7.34. The summed E-state index contributed by atoms with van der Waals surface area (Å²) < 4.78 is 0. The molecule has 0 saturated carbocycles. The Morgan fingerprint density at radius 3 is 2.55 bits per heavy atom. The van der Waals surface area contributed by atoms with E-state index in [4.69, 9.17) is 17.3 Å². The Hall–Kier alpha value is -2.93. The number of hydrogen-bond donors (Lipinski definition) is 3. The van der Waals surface area contributed by atoms with Gasteiger partial charge in [-0.2, -0.15) is 0 Å². The lowest BCUT2D eigenvalue weighted by Crippen LogP contribution is -2.53. The van der Waals surface area contributed by atoms with Gasteiger partial charge in [0, 0.05) is 47.7 Å². The number of halogens is 1. The predicted molar refractivity (Wildman–Crippen MR) is 156 cm³/mol. The fraction of sp³-hybridized carbons (Fsp3) is 0.419. The summed E-state index contributed by atoms with van der Waals surface area (Å²) in [5.41, 5.74) is 7.69. The quantitative estimate of drug-likeness (QED) is 0.356. The lowest BCUT2D eigenvalue weighted by Gasteiger charge is -2.31. The number of rotatable bonds is 9. The van der Waals surface area contributed by atoms with Crippen LogP contribution in [0.4, 0.5) is 0 Å². The number of hydrogen-bond acceptors (Lipinski definition) is 4. The van der Waals surface area contributed by atoms with Crippen molar-refractivity contribution in [1.29, 1.82) is 0 Å². The average Bonchev–Trinajstić information content (AvgIpc) is 3.03. The van der Waals surface area contributed by atoms with E-state index in [1.165, 1.54) is 5.56 Å². The maximum absolute atomic E-state index is 13.7. The van der Waals surface area contributed by atoms with Crippen LogP contribution in [0.3, 0.4) is 0 Å². The fourth-order valence-corrected chi connectivity index (χ4v) is 5.41. The third-order valence-electron chi connectivity index (χ3n) is 7.30. The first-order valence-corrected chi connectivity index (χ1v) is 13.9. The first kappa shape index (κ1) is 28.1. The minimum atomic E-state index is -0.505. The molecule has 4 N–H and O–H groups in total. The summed E-state index contributed by atoms with van der Waals surface area (Å²) in [4.78, 5) is 28.7. The van der Waals surface area contributed by atoms with Crippen molar-refractivity contribution in [3.05, 3.63) is 82.9 Å². The molecule has 1 fully saturated rings. The zero-order chi connectivity index (χ0) is 27.3. The molecule has 1 saturated heterocycles. The molecule has 0 aliphatic carbocycles. The van der Waals surface area contributed by atoms with Gasteiger partial charge in [-0.3, -0.25) is 9.59 Å². The molecular weight excluding hydrogens is 496 g/mol. The molecule has 1 unspecified atom stereocenters. The van der Waals surface area contributed by atoms with Crippen molar-refractivity contribution >= 4 is 34.2 Å². The summed E-state index contributed by atoms with van der Waals surface area (Å²) in [5.74, 6) is 0.215. The van der Waals surface area contributed by atoms with Crippen molar-refractivity contribution in [1.82, 2.24) is 15.5 Å². The molecule has 7 heteroatoms. The van der Waals surface area contributed by atoms with Crippen molar-refractivity contribution in [3.63, 3.8) is 0 Å². The summed E-state index contributed by atoms with van der Waals surface area (Å²) in [6, 6.07) is 21.2. The van der Waals surface area contributed by atoms with E-state index in [1.807, 2.05) is 73.3 Å². The number of carbonyl (C=O) groups excluding carboxylic acids is 2. The number of fused-ring (bicyclic) bond motifs is 1. The summed E-state index contributed by atoms with van der Waals surface area (Å²) >= 11 is 6.09. The van der Waals surface area contributed by atoms with Crippen LogP contribution in [0, 0.1) is 0 Å². The van der Waals surface area contributed by atoms with Crippen LogP contribution in [0.15, 0.2) is 66.7 Å². The summed E-state index contributed by atoms with van der Waals surface area (Å²) in [5, 5.41) is 9.22. The maximum atomic E-state index is 13.7. The van der Waals surface area contributed by atoms with Crippen LogP contribution in [0.2, 0.25) is 5.02 Å². The van der Waals surface area contributed by atoms with Gasteiger partial charge >= 0.3 is 0 Å². The van der Waals surface area contributed by atoms with Crippen molar-refractivity contribution in [2.45, 2.75) is 63.6 Å². The number of nitrogens with two attached hydrogens (primary N) is 1. The molecule has 3 atom stereocenters. The smallest absolute Gasteiger partial charge is 0.251 e. The Bertz CT molecular complexity index is 1260. The Balaban J connectivity index is 1.45. The van der Waals surface area contributed by atoms with Crippen LogP contribution in [-0.4, -0.2) is 54.0 Å². The van der Waals surface area contributed by atoms with Crippen LogP contribution in [0.5, 0.6) is 0 Å². The highest BCUT2D eigenvalue weighted by Gasteiger charge is 2.34. The van der Waals surface area contributed by atoms with Crippen molar-refractivity contribution in [3.8, 4) is 0 Å². The second-order valence-corrected chi connectivity index (χ2v) is 11.6. The normalized spacial score (nSPS) is 19.3. The molecule has 0 spiro atoms. The molecule has 0 radical (unpaired) electrons. The Morgan fingerprint density at radius 1 is 1.13 bits per heavy atom. The molecule has 2 amide bonds. The van der Waals surface area contributed by atoms with E-state index in [9.17, 15) is 9.59 Å². The Labute approximate surface area is 230 Å². The minimum absolute atomic E-state index is 0.0451. The zero-order valence-electron chi connectivity index (χ0n) is 22.5. The fourth-order valence-electron chi connectivity index (χ4n) is 5.23. The van der Waals surface area contributed by atoms with Crippen LogP contribution in [-0.2, 0) is 4.79 Å². The van der Waals surface area contributed by atoms with Gasteiger partial charge in [0.05, 0.1) is 6.04 Å². The van der Waals surface area contributed by atoms with E-state index in [-0.39, 0.29) is 23.8 Å². The van der Waals surface area contributed by atoms with E-state index in [0.717, 1.165) is 23.6 Å². The molecule has 6 nitrogen and oxygen atoms in total. The largest absolute Gasteiger partial charge is 0.350 e. The van der Waals surface area contributed by atoms with Gasteiger partial charge in [-0.25, -0.2) is 0 Å². The first-order chi connectivity index (χ1) is 18.1. The van der Waals surface area contributed by atoms with E-state index in [1.54, 1.807) is 0 Å². The number of benzene rings is 3. The van der Waals surface area contributed by atoms with E-state index in [0.29, 0.717) is 36.6 Å². The van der Waals surface area contributed by atoms with E-state index in [2.05, 4.69) is 29.7 Å². The first-order valence-electron chi connectivity index (χ1n) is 13.5. The summed E-state index contributed by atoms with van der Waals surface area (Å²) in [6.45, 7) is 7.78. The molecule has 1 aliphatic heterocycles. The van der Waals surface area contributed by atoms with E-state index >= 15 is 0 Å². The van der Waals surface area contributed by atoms with Crippen LogP contribution in [0.1, 0.15) is 61.9 Å². The SMILES string of the molecule is CCC(CN1CC[C@H](CNC(=O)c2ccc3cc(Cl)ccc3c2)N[C@H](CC(C)(C)N)C1=O)c1ccccc1. The topological polar surface area (TPSA) is 87.5 Å². The lowest BCUT2D eigenvalue weighted by atomic mass is 9.94. The predicted octanol–water partition coefficient (Wildman–Crippen LogP) is 5.10. The highest BCUT2D eigenvalue weighted by Crippen LogP contribution is 2.24. The van der Waals surface area contributed by atoms with Gasteiger partial charge in [-0.05, 0) is 73.7 Å². The molecule has 202 valence electrons. The minimum Gasteiger partial charge on any atom is -0.350 e. The molecule has 3 aromatic rings. The van der Waals surface area contributed by atoms with Crippen LogP contribution < -0.4 is 16.4 Å². The Kier molecular flexibility index (Phi) is 9.08. The maximum Gasteiger partial charge on any atom is 0.251 e. The van der Waals surface area contributed by atoms with Gasteiger partial charge in [0.15, 0.2) is 0 Å². The van der Waals surface area contributed by atoms with Gasteiger partial charge in [0.1, 0.15) is 0 Å². The summed E-state index contributed by atoms with van der Waals surface area (Å²) in [6.07, 6.45) is 2.21. The zero-order valence-corrected chi connectivity index (χ0v) is 23.3. The standard InChI is InChI=1S/C31H39ClN4O2/c1-4-21(22-8-6-5-7-9-22)20-36-15-14-27(35-28(30(36)38)18-31(2,3)33)19-34-29(37)25-11-10-24-17-26(32)13-12-23(24)16-25/h5-13,16-17,21,27-28,35H,4,14-15,18-20,33H2,1-3H3,(H,34,37)/t21?,27-,28-/m1/s1. The van der Waals surface area contributed by atoms with Gasteiger partial charge in [-0.15, -0.1) is 0 Å². The highest BCUT2D eigenvalue weighted by molar-refractivity contribution is 6.31. The number of nitrogens with zero attached hydrogens (tertiary/aromatic N) is 1. The average molecular weight is 535 g/mol. The monoisotopic (exact) mass is 534 g/mol. The molecule has 3 aromatic carbocycles. The van der Waals surface area contributed by atoms with Crippen molar-refractivity contribution in [2.24, 2.45) is 5.73 Å². The number of amides is 2. The molecule has 0 aromatic heterocycles. The van der Waals surface area contributed by atoms with Gasteiger partial charge in [0.2, 0.25) is 5.91 Å². The Morgan fingerprint density at radius 2 is 1.84 bits per heavy atom. The van der Waals surface area contributed by atoms with Crippen LogP contribution in [0.25, 0.3) is 10.8 Å².